The van der Waals surface area contributed by atoms with E-state index in [1.807, 2.05) is 29.7 Å². The molecule has 1 aliphatic heterocycles. The lowest BCUT2D eigenvalue weighted by atomic mass is 10.2. The largest absolute Gasteiger partial charge is 0.332 e. The Balaban J connectivity index is 1.96. The van der Waals surface area contributed by atoms with Gasteiger partial charge in [-0.25, -0.2) is 9.80 Å². The van der Waals surface area contributed by atoms with E-state index in [-0.39, 0.29) is 12.1 Å². The molecule has 0 N–H and O–H groups in total. The number of nitrogens with zero attached hydrogens (tertiary/aromatic N) is 6. The van der Waals surface area contributed by atoms with Crippen LogP contribution in [0.25, 0.3) is 11.2 Å². The predicted molar refractivity (Wildman–Crippen MR) is 111 cm³/mol. The van der Waals surface area contributed by atoms with Gasteiger partial charge in [-0.1, -0.05) is 36.7 Å². The second-order valence-corrected chi connectivity index (χ2v) is 7.36. The molecule has 2 aromatic heterocycles. The summed E-state index contributed by atoms with van der Waals surface area (Å²) < 4.78 is 4.47. The fourth-order valence-corrected chi connectivity index (χ4v) is 3.71. The fourth-order valence-electron chi connectivity index (χ4n) is 3.52. The molecule has 0 aliphatic carbocycles. The molecule has 0 saturated carbocycles. The molecule has 3 heterocycles. The minimum Gasteiger partial charge on any atom is -0.297 e. The van der Waals surface area contributed by atoms with Crippen LogP contribution in [0.2, 0.25) is 5.02 Å². The highest BCUT2D eigenvalue weighted by atomic mass is 35.5. The maximum Gasteiger partial charge on any atom is 0.332 e. The lowest BCUT2D eigenvalue weighted by molar-refractivity contribution is 0.653. The van der Waals surface area contributed by atoms with Gasteiger partial charge in [-0.05, 0) is 25.0 Å². The van der Waals surface area contributed by atoms with E-state index >= 15 is 0 Å². The van der Waals surface area contributed by atoms with Gasteiger partial charge in [0.15, 0.2) is 11.2 Å². The Labute approximate surface area is 166 Å². The van der Waals surface area contributed by atoms with Crippen molar-refractivity contribution in [3.8, 4) is 0 Å². The van der Waals surface area contributed by atoms with E-state index in [2.05, 4.69) is 17.0 Å². The second-order valence-electron chi connectivity index (χ2n) is 6.95. The number of benzene rings is 1. The SMILES string of the molecule is CCCN1N=C(C)Cn2c1nc1c2c(=O)n(Cc2ccccc2Cl)c(=O)n1C. The highest BCUT2D eigenvalue weighted by Gasteiger charge is 2.26. The number of aromatic nitrogens is 4. The first-order chi connectivity index (χ1) is 13.4. The highest BCUT2D eigenvalue weighted by molar-refractivity contribution is 6.31. The maximum absolute atomic E-state index is 13.3. The summed E-state index contributed by atoms with van der Waals surface area (Å²) in [6.07, 6.45) is 0.885. The van der Waals surface area contributed by atoms with E-state index in [9.17, 15) is 9.59 Å². The number of hydrazone groups is 1. The van der Waals surface area contributed by atoms with Gasteiger partial charge in [-0.3, -0.25) is 18.5 Å². The molecule has 1 aliphatic rings. The van der Waals surface area contributed by atoms with Crippen LogP contribution in [-0.4, -0.2) is 30.9 Å². The Kier molecular flexibility index (Phi) is 4.58. The minimum absolute atomic E-state index is 0.105. The number of rotatable bonds is 4. The van der Waals surface area contributed by atoms with Gasteiger partial charge >= 0.3 is 5.69 Å². The smallest absolute Gasteiger partial charge is 0.297 e. The van der Waals surface area contributed by atoms with Crippen LogP contribution < -0.4 is 16.3 Å². The van der Waals surface area contributed by atoms with Crippen LogP contribution in [0, 0.1) is 0 Å². The van der Waals surface area contributed by atoms with Crippen LogP contribution in [0.1, 0.15) is 25.8 Å². The van der Waals surface area contributed by atoms with E-state index in [0.717, 1.165) is 12.1 Å². The van der Waals surface area contributed by atoms with Crippen molar-refractivity contribution in [2.45, 2.75) is 33.4 Å². The molecule has 3 aromatic rings. The number of fused-ring (bicyclic) bond motifs is 3. The van der Waals surface area contributed by atoms with Gasteiger partial charge in [-0.2, -0.15) is 10.1 Å². The molecule has 8 nitrogen and oxygen atoms in total. The van der Waals surface area contributed by atoms with Crippen LogP contribution in [0.3, 0.4) is 0 Å². The summed E-state index contributed by atoms with van der Waals surface area (Å²) in [5.74, 6) is 0.588. The molecule has 0 spiro atoms. The molecule has 4 rings (SSSR count). The lowest BCUT2D eigenvalue weighted by Crippen LogP contribution is -2.40. The summed E-state index contributed by atoms with van der Waals surface area (Å²) in [5.41, 5.74) is 1.57. The van der Waals surface area contributed by atoms with Crippen molar-refractivity contribution in [2.75, 3.05) is 11.6 Å². The van der Waals surface area contributed by atoms with E-state index in [1.54, 1.807) is 18.1 Å². The van der Waals surface area contributed by atoms with Gasteiger partial charge in [0.1, 0.15) is 0 Å². The molecule has 0 amide bonds. The molecule has 0 atom stereocenters. The minimum atomic E-state index is -0.424. The van der Waals surface area contributed by atoms with Gasteiger partial charge in [0.05, 0.1) is 18.8 Å². The Morgan fingerprint density at radius 2 is 1.96 bits per heavy atom. The average molecular weight is 401 g/mol. The van der Waals surface area contributed by atoms with Crippen LogP contribution in [0.5, 0.6) is 0 Å². The third-order valence-corrected chi connectivity index (χ3v) is 5.21. The Morgan fingerprint density at radius 3 is 2.68 bits per heavy atom. The molecule has 0 saturated heterocycles. The zero-order chi connectivity index (χ0) is 20.0. The first-order valence-electron chi connectivity index (χ1n) is 9.17. The summed E-state index contributed by atoms with van der Waals surface area (Å²) >= 11 is 6.24. The zero-order valence-electron chi connectivity index (χ0n) is 16.0. The third kappa shape index (κ3) is 2.84. The molecular weight excluding hydrogens is 380 g/mol. The maximum atomic E-state index is 13.3. The van der Waals surface area contributed by atoms with Crippen LogP contribution in [-0.2, 0) is 20.1 Å². The van der Waals surface area contributed by atoms with Crippen molar-refractivity contribution in [1.82, 2.24) is 18.7 Å². The zero-order valence-corrected chi connectivity index (χ0v) is 16.8. The van der Waals surface area contributed by atoms with E-state index in [4.69, 9.17) is 11.6 Å². The van der Waals surface area contributed by atoms with Crippen LogP contribution in [0.4, 0.5) is 5.95 Å². The van der Waals surface area contributed by atoms with E-state index in [1.165, 1.54) is 9.13 Å². The molecule has 0 unspecified atom stereocenters. The summed E-state index contributed by atoms with van der Waals surface area (Å²) in [7, 11) is 1.63. The normalized spacial score (nSPS) is 13.7. The standard InChI is InChI=1S/C19H21ClN6O2/c1-4-9-26-18-21-16-15(24(18)10-12(2)22-26)17(27)25(19(28)23(16)3)11-13-7-5-6-8-14(13)20/h5-8H,4,9-11H2,1-3H3. The molecule has 28 heavy (non-hydrogen) atoms. The number of aryl methyl sites for hydroxylation is 1. The Hall–Kier alpha value is -2.87. The molecule has 0 fully saturated rings. The van der Waals surface area contributed by atoms with Crippen LogP contribution in [0.15, 0.2) is 39.0 Å². The molecule has 1 aromatic carbocycles. The summed E-state index contributed by atoms with van der Waals surface area (Å²) in [4.78, 5) is 30.8. The van der Waals surface area contributed by atoms with Crippen molar-refractivity contribution < 1.29 is 0 Å². The lowest BCUT2D eigenvalue weighted by Gasteiger charge is -2.24. The quantitative estimate of drug-likeness (QED) is 0.672. The van der Waals surface area contributed by atoms with Crippen molar-refractivity contribution in [3.63, 3.8) is 0 Å². The second kappa shape index (κ2) is 6.94. The van der Waals surface area contributed by atoms with E-state index < -0.39 is 5.69 Å². The summed E-state index contributed by atoms with van der Waals surface area (Å²) in [6.45, 7) is 5.22. The molecule has 9 heteroatoms. The third-order valence-electron chi connectivity index (χ3n) is 4.84. The molecule has 0 radical (unpaired) electrons. The van der Waals surface area contributed by atoms with Gasteiger partial charge in [-0.15, -0.1) is 0 Å². The highest BCUT2D eigenvalue weighted by Crippen LogP contribution is 2.24. The average Bonchev–Trinajstić information content (AvgIpc) is 3.05. The number of halogens is 1. The molecule has 146 valence electrons. The van der Waals surface area contributed by atoms with Gasteiger partial charge in [0.25, 0.3) is 5.56 Å². The first-order valence-corrected chi connectivity index (χ1v) is 9.55. The predicted octanol–water partition coefficient (Wildman–Crippen LogP) is 2.20. The van der Waals surface area contributed by atoms with Crippen molar-refractivity contribution in [2.24, 2.45) is 12.1 Å². The van der Waals surface area contributed by atoms with Gasteiger partial charge < -0.3 is 0 Å². The van der Waals surface area contributed by atoms with Crippen LogP contribution >= 0.6 is 11.6 Å². The number of anilines is 1. The van der Waals surface area contributed by atoms with Crippen molar-refractivity contribution in [3.05, 3.63) is 55.7 Å². The number of imidazole rings is 1. The fraction of sp³-hybridized carbons (Fsp3) is 0.368. The summed E-state index contributed by atoms with van der Waals surface area (Å²) in [5, 5.41) is 6.86. The summed E-state index contributed by atoms with van der Waals surface area (Å²) in [6, 6.07) is 7.20. The van der Waals surface area contributed by atoms with Crippen molar-refractivity contribution in [1.29, 1.82) is 0 Å². The topological polar surface area (TPSA) is 77.4 Å². The van der Waals surface area contributed by atoms with Gasteiger partial charge in [0, 0.05) is 18.6 Å². The molecule has 0 bridgehead atoms. The molecular formula is C19H21ClN6O2. The Morgan fingerprint density at radius 1 is 1.21 bits per heavy atom. The monoisotopic (exact) mass is 400 g/mol. The van der Waals surface area contributed by atoms with Crippen molar-refractivity contribution >= 4 is 34.4 Å². The number of hydrogen-bond donors (Lipinski definition) is 0. The van der Waals surface area contributed by atoms with Gasteiger partial charge in [0.2, 0.25) is 5.95 Å². The first kappa shape index (κ1) is 18.5. The Bertz CT molecular complexity index is 1220. The number of hydrogen-bond acceptors (Lipinski definition) is 5. The van der Waals surface area contributed by atoms with E-state index in [0.29, 0.717) is 40.8 Å².